The first-order valence-corrected chi connectivity index (χ1v) is 9.99. The van der Waals surface area contributed by atoms with Crippen molar-refractivity contribution in [2.24, 2.45) is 5.92 Å². The predicted molar refractivity (Wildman–Crippen MR) is 114 cm³/mol. The highest BCUT2D eigenvalue weighted by atomic mass is 35.5. The lowest BCUT2D eigenvalue weighted by Gasteiger charge is -2.25. The van der Waals surface area contributed by atoms with Crippen LogP contribution in [0.1, 0.15) is 26.3 Å². The summed E-state index contributed by atoms with van der Waals surface area (Å²) >= 11 is 12.5. The maximum absolute atomic E-state index is 13.3. The Balaban J connectivity index is 2.22. The highest BCUT2D eigenvalue weighted by Crippen LogP contribution is 2.37. The van der Waals surface area contributed by atoms with E-state index < -0.39 is 0 Å². The van der Waals surface area contributed by atoms with Crippen LogP contribution in [0.15, 0.2) is 54.2 Å². The van der Waals surface area contributed by atoms with Gasteiger partial charge in [0.05, 0.1) is 10.6 Å². The molecule has 6 heteroatoms. The third kappa shape index (κ3) is 3.80. The Morgan fingerprint density at radius 2 is 1.68 bits per heavy atom. The average Bonchev–Trinajstić information content (AvgIpc) is 2.88. The lowest BCUT2D eigenvalue weighted by Crippen LogP contribution is -2.37. The van der Waals surface area contributed by atoms with Crippen LogP contribution in [0.3, 0.4) is 0 Å². The van der Waals surface area contributed by atoms with Crippen LogP contribution < -0.4 is 4.90 Å². The quantitative estimate of drug-likeness (QED) is 0.603. The van der Waals surface area contributed by atoms with E-state index in [9.17, 15) is 9.59 Å². The van der Waals surface area contributed by atoms with Gasteiger partial charge in [0, 0.05) is 29.4 Å². The van der Waals surface area contributed by atoms with E-state index >= 15 is 0 Å². The van der Waals surface area contributed by atoms with Gasteiger partial charge in [-0.1, -0.05) is 61.3 Å². The van der Waals surface area contributed by atoms with Gasteiger partial charge in [0.2, 0.25) is 0 Å². The minimum atomic E-state index is -0.327. The molecule has 2 aromatic rings. The fourth-order valence-corrected chi connectivity index (χ4v) is 3.86. The Labute approximate surface area is 175 Å². The zero-order valence-electron chi connectivity index (χ0n) is 16.1. The van der Waals surface area contributed by atoms with E-state index in [4.69, 9.17) is 23.2 Å². The Hall–Kier alpha value is -2.30. The van der Waals surface area contributed by atoms with Crippen LogP contribution in [-0.4, -0.2) is 29.8 Å². The number of nitrogens with zero attached hydrogens (tertiary/aromatic N) is 2. The number of imide groups is 1. The number of carbonyl (C=O) groups is 2. The smallest absolute Gasteiger partial charge is 0.278 e. The molecular formula is C22H22Cl2N2O2. The van der Waals surface area contributed by atoms with Gasteiger partial charge in [0.1, 0.15) is 5.70 Å². The van der Waals surface area contributed by atoms with Gasteiger partial charge in [-0.2, -0.15) is 0 Å². The number of halogens is 2. The van der Waals surface area contributed by atoms with Gasteiger partial charge in [-0.05, 0) is 37.1 Å². The molecule has 0 saturated carbocycles. The third-order valence-corrected chi connectivity index (χ3v) is 5.09. The first kappa shape index (κ1) is 20.4. The Morgan fingerprint density at radius 1 is 1.00 bits per heavy atom. The van der Waals surface area contributed by atoms with Crippen LogP contribution in [0.5, 0.6) is 0 Å². The minimum Gasteiger partial charge on any atom is -0.337 e. The van der Waals surface area contributed by atoms with Crippen LogP contribution in [0, 0.1) is 5.92 Å². The normalized spacial score (nSPS) is 14.4. The zero-order valence-corrected chi connectivity index (χ0v) is 17.6. The molecule has 0 bridgehead atoms. The summed E-state index contributed by atoms with van der Waals surface area (Å²) in [5.41, 5.74) is 2.02. The van der Waals surface area contributed by atoms with Crippen LogP contribution >= 0.6 is 23.2 Å². The van der Waals surface area contributed by atoms with E-state index in [2.05, 4.69) is 0 Å². The summed E-state index contributed by atoms with van der Waals surface area (Å²) in [6.07, 6.45) is 0. The number of rotatable bonds is 6. The molecule has 1 aliphatic rings. The van der Waals surface area contributed by atoms with Gasteiger partial charge < -0.3 is 4.90 Å². The predicted octanol–water partition coefficient (Wildman–Crippen LogP) is 5.26. The number of para-hydroxylation sites is 1. The number of anilines is 1. The molecule has 0 unspecified atom stereocenters. The second kappa shape index (κ2) is 8.38. The molecule has 3 rings (SSSR count). The number of carbonyl (C=O) groups excluding carboxylic acids is 2. The third-order valence-electron chi connectivity index (χ3n) is 4.55. The highest BCUT2D eigenvalue weighted by Gasteiger charge is 2.42. The maximum Gasteiger partial charge on any atom is 0.278 e. The molecule has 0 N–H and O–H groups in total. The van der Waals surface area contributed by atoms with E-state index in [1.807, 2.05) is 56.0 Å². The molecule has 2 amide bonds. The molecule has 4 nitrogen and oxygen atoms in total. The molecule has 146 valence electrons. The molecule has 0 saturated heterocycles. The van der Waals surface area contributed by atoms with E-state index in [1.54, 1.807) is 18.2 Å². The summed E-state index contributed by atoms with van der Waals surface area (Å²) < 4.78 is 0. The van der Waals surface area contributed by atoms with Crippen LogP contribution in [0.25, 0.3) is 5.57 Å². The number of hydrogen-bond acceptors (Lipinski definition) is 3. The summed E-state index contributed by atoms with van der Waals surface area (Å²) in [5.74, 6) is -0.473. The highest BCUT2D eigenvalue weighted by molar-refractivity contribution is 6.41. The summed E-state index contributed by atoms with van der Waals surface area (Å²) in [6.45, 7) is 6.78. The fourth-order valence-electron chi connectivity index (χ4n) is 3.36. The molecule has 0 spiro atoms. The molecule has 0 atom stereocenters. The number of benzene rings is 2. The summed E-state index contributed by atoms with van der Waals surface area (Å²) in [4.78, 5) is 29.8. The SMILES string of the molecule is CCN(C1=C(c2ccc(Cl)cc2Cl)C(=O)N(CC(C)C)C1=O)c1ccccc1. The fraction of sp³-hybridized carbons (Fsp3) is 0.273. The van der Waals surface area contributed by atoms with Crippen molar-refractivity contribution in [1.82, 2.24) is 4.90 Å². The van der Waals surface area contributed by atoms with Gasteiger partial charge in [-0.15, -0.1) is 0 Å². The first-order chi connectivity index (χ1) is 13.3. The lowest BCUT2D eigenvalue weighted by molar-refractivity contribution is -0.137. The number of hydrogen-bond donors (Lipinski definition) is 0. The standard InChI is InChI=1S/C22H22Cl2N2O2/c1-4-25(16-8-6-5-7-9-16)20-19(17-11-10-15(23)12-18(17)24)21(27)26(22(20)28)13-14(2)3/h5-12,14H,4,13H2,1-3H3. The lowest BCUT2D eigenvalue weighted by atomic mass is 10.0. The van der Waals surface area contributed by atoms with Gasteiger partial charge in [-0.3, -0.25) is 14.5 Å². The first-order valence-electron chi connectivity index (χ1n) is 9.23. The van der Waals surface area contributed by atoms with Gasteiger partial charge in [0.15, 0.2) is 0 Å². The van der Waals surface area contributed by atoms with Crippen molar-refractivity contribution >= 4 is 46.3 Å². The average molecular weight is 417 g/mol. The molecule has 0 fully saturated rings. The van der Waals surface area contributed by atoms with Crippen molar-refractivity contribution in [1.29, 1.82) is 0 Å². The molecule has 1 heterocycles. The molecule has 1 aliphatic heterocycles. The zero-order chi connectivity index (χ0) is 20.4. The molecule has 0 radical (unpaired) electrons. The maximum atomic E-state index is 13.3. The van der Waals surface area contributed by atoms with Crippen molar-refractivity contribution in [3.05, 3.63) is 69.8 Å². The monoisotopic (exact) mass is 416 g/mol. The van der Waals surface area contributed by atoms with Crippen LogP contribution in [-0.2, 0) is 9.59 Å². The second-order valence-electron chi connectivity index (χ2n) is 7.04. The number of amides is 2. The Bertz CT molecular complexity index is 939. The van der Waals surface area contributed by atoms with Crippen molar-refractivity contribution < 1.29 is 9.59 Å². The number of likely N-dealkylation sites (N-methyl/N-ethyl adjacent to an activating group) is 1. The van der Waals surface area contributed by atoms with Crippen molar-refractivity contribution in [2.45, 2.75) is 20.8 Å². The Kier molecular flexibility index (Phi) is 6.11. The largest absolute Gasteiger partial charge is 0.337 e. The van der Waals surface area contributed by atoms with Crippen molar-refractivity contribution in [3.8, 4) is 0 Å². The van der Waals surface area contributed by atoms with Crippen molar-refractivity contribution in [3.63, 3.8) is 0 Å². The second-order valence-corrected chi connectivity index (χ2v) is 7.89. The van der Waals surface area contributed by atoms with Crippen LogP contribution in [0.4, 0.5) is 5.69 Å². The van der Waals surface area contributed by atoms with E-state index in [0.717, 1.165) is 5.69 Å². The Morgan fingerprint density at radius 3 is 2.25 bits per heavy atom. The topological polar surface area (TPSA) is 40.6 Å². The van der Waals surface area contributed by atoms with Gasteiger partial charge >= 0.3 is 0 Å². The summed E-state index contributed by atoms with van der Waals surface area (Å²) in [6, 6.07) is 14.5. The van der Waals surface area contributed by atoms with Crippen LogP contribution in [0.2, 0.25) is 10.0 Å². The van der Waals surface area contributed by atoms with Gasteiger partial charge in [0.25, 0.3) is 11.8 Å². The van der Waals surface area contributed by atoms with Crippen molar-refractivity contribution in [2.75, 3.05) is 18.0 Å². The molecule has 0 aromatic heterocycles. The van der Waals surface area contributed by atoms with E-state index in [-0.39, 0.29) is 17.7 Å². The molecule has 2 aromatic carbocycles. The van der Waals surface area contributed by atoms with Gasteiger partial charge in [-0.25, -0.2) is 0 Å². The summed E-state index contributed by atoms with van der Waals surface area (Å²) in [5, 5.41) is 0.818. The molecule has 28 heavy (non-hydrogen) atoms. The molecular weight excluding hydrogens is 395 g/mol. The minimum absolute atomic E-state index is 0.154. The molecule has 0 aliphatic carbocycles. The van der Waals surface area contributed by atoms with E-state index in [0.29, 0.717) is 40.0 Å². The van der Waals surface area contributed by atoms with E-state index in [1.165, 1.54) is 4.90 Å². The summed E-state index contributed by atoms with van der Waals surface area (Å²) in [7, 11) is 0.